The van der Waals surface area contributed by atoms with E-state index in [2.05, 4.69) is 32.7 Å². The van der Waals surface area contributed by atoms with Crippen molar-refractivity contribution in [3.63, 3.8) is 0 Å². The summed E-state index contributed by atoms with van der Waals surface area (Å²) in [5, 5.41) is 12.3. The number of nitrogens with zero attached hydrogens (tertiary/aromatic N) is 2. The molecule has 2 N–H and O–H groups in total. The van der Waals surface area contributed by atoms with Crippen LogP contribution < -0.4 is 5.32 Å². The fraction of sp³-hybridized carbons (Fsp3) is 0.318. The molecule has 0 spiro atoms. The van der Waals surface area contributed by atoms with E-state index in [0.717, 1.165) is 53.7 Å². The van der Waals surface area contributed by atoms with E-state index in [0.29, 0.717) is 11.6 Å². The largest absolute Gasteiger partial charge is 0.465 e. The van der Waals surface area contributed by atoms with Gasteiger partial charge in [0.1, 0.15) is 5.82 Å². The van der Waals surface area contributed by atoms with Gasteiger partial charge < -0.3 is 10.1 Å². The highest BCUT2D eigenvalue weighted by molar-refractivity contribution is 5.91. The summed E-state index contributed by atoms with van der Waals surface area (Å²) in [6.07, 6.45) is 11.4. The number of anilines is 1. The summed E-state index contributed by atoms with van der Waals surface area (Å²) in [5.74, 6) is 0.573. The predicted octanol–water partition coefficient (Wildman–Crippen LogP) is 4.05. The van der Waals surface area contributed by atoms with Crippen molar-refractivity contribution < 1.29 is 9.53 Å². The molecule has 2 aromatic heterocycles. The highest BCUT2D eigenvalue weighted by Crippen LogP contribution is 2.26. The number of esters is 1. The molecule has 6 heteroatoms. The Hall–Kier alpha value is -3.15. The third-order valence-electron chi connectivity index (χ3n) is 5.16. The molecule has 0 aliphatic heterocycles. The van der Waals surface area contributed by atoms with E-state index in [1.54, 1.807) is 18.3 Å². The van der Waals surface area contributed by atoms with Gasteiger partial charge in [0, 0.05) is 17.9 Å². The minimum Gasteiger partial charge on any atom is -0.465 e. The van der Waals surface area contributed by atoms with E-state index >= 15 is 0 Å². The maximum Gasteiger partial charge on any atom is 0.337 e. The number of benzene rings is 1. The first-order valence-electron chi connectivity index (χ1n) is 9.67. The number of nitrogens with one attached hydrogen (secondary N) is 2. The summed E-state index contributed by atoms with van der Waals surface area (Å²) in [5.41, 5.74) is 3.72. The SMILES string of the molecule is COC(=O)c1ccc(CCc2[nH]nc3ccnc(NC4C=CCCC4)c23)cc1. The first-order chi connectivity index (χ1) is 13.7. The number of ether oxygens (including phenoxy) is 1. The number of rotatable bonds is 6. The molecule has 1 unspecified atom stereocenters. The number of H-pyrrole nitrogens is 1. The highest BCUT2D eigenvalue weighted by atomic mass is 16.5. The molecule has 1 aliphatic rings. The number of methoxy groups -OCH3 is 1. The van der Waals surface area contributed by atoms with Crippen LogP contribution in [0.15, 0.2) is 48.7 Å². The molecule has 3 aromatic rings. The van der Waals surface area contributed by atoms with Crippen LogP contribution in [0.4, 0.5) is 5.82 Å². The molecule has 0 radical (unpaired) electrons. The molecule has 2 heterocycles. The van der Waals surface area contributed by atoms with Gasteiger partial charge in [0.05, 0.1) is 23.6 Å². The topological polar surface area (TPSA) is 79.9 Å². The van der Waals surface area contributed by atoms with Gasteiger partial charge in [0.25, 0.3) is 0 Å². The van der Waals surface area contributed by atoms with E-state index in [4.69, 9.17) is 4.74 Å². The van der Waals surface area contributed by atoms with Gasteiger partial charge in [-0.2, -0.15) is 5.10 Å². The number of hydrogen-bond acceptors (Lipinski definition) is 5. The van der Waals surface area contributed by atoms with Gasteiger partial charge >= 0.3 is 5.97 Å². The molecular weight excluding hydrogens is 352 g/mol. The molecule has 4 rings (SSSR count). The normalized spacial score (nSPS) is 16.2. The lowest BCUT2D eigenvalue weighted by Gasteiger charge is -2.19. The molecule has 0 amide bonds. The molecule has 1 aromatic carbocycles. The Kier molecular flexibility index (Phi) is 5.37. The second-order valence-electron chi connectivity index (χ2n) is 7.05. The Morgan fingerprint density at radius 1 is 1.25 bits per heavy atom. The first kappa shape index (κ1) is 18.2. The fourth-order valence-corrected chi connectivity index (χ4v) is 3.62. The third kappa shape index (κ3) is 3.91. The maximum absolute atomic E-state index is 11.6. The van der Waals surface area contributed by atoms with Gasteiger partial charge in [-0.15, -0.1) is 0 Å². The fourth-order valence-electron chi connectivity index (χ4n) is 3.62. The Bertz CT molecular complexity index is 991. The van der Waals surface area contributed by atoms with Crippen molar-refractivity contribution in [2.75, 3.05) is 12.4 Å². The smallest absolute Gasteiger partial charge is 0.337 e. The summed E-state index contributed by atoms with van der Waals surface area (Å²) in [7, 11) is 1.39. The van der Waals surface area contributed by atoms with Crippen LogP contribution in [0.1, 0.15) is 40.9 Å². The highest BCUT2D eigenvalue weighted by Gasteiger charge is 2.15. The standard InChI is InChI=1S/C22H24N4O2/c1-28-22(27)16-10-7-15(8-11-16)9-12-18-20-19(26-25-18)13-14-23-21(20)24-17-5-3-2-4-6-17/h3,5,7-8,10-11,13-14,17H,2,4,6,9,12H2,1H3,(H,23,24)(H,25,26). The van der Waals surface area contributed by atoms with Crippen LogP contribution >= 0.6 is 0 Å². The molecule has 1 aliphatic carbocycles. The van der Waals surface area contributed by atoms with Crippen molar-refractivity contribution in [2.24, 2.45) is 0 Å². The lowest BCUT2D eigenvalue weighted by molar-refractivity contribution is 0.0600. The molecule has 28 heavy (non-hydrogen) atoms. The van der Waals surface area contributed by atoms with Crippen molar-refractivity contribution >= 4 is 22.7 Å². The van der Waals surface area contributed by atoms with Crippen molar-refractivity contribution in [1.82, 2.24) is 15.2 Å². The second kappa shape index (κ2) is 8.25. The molecule has 144 valence electrons. The molecular formula is C22H24N4O2. The van der Waals surface area contributed by atoms with Crippen molar-refractivity contribution in [2.45, 2.75) is 38.1 Å². The zero-order valence-corrected chi connectivity index (χ0v) is 15.9. The van der Waals surface area contributed by atoms with Crippen LogP contribution in [0.5, 0.6) is 0 Å². The van der Waals surface area contributed by atoms with Crippen LogP contribution in [-0.2, 0) is 17.6 Å². The lowest BCUT2D eigenvalue weighted by Crippen LogP contribution is -2.19. The van der Waals surface area contributed by atoms with E-state index in [1.807, 2.05) is 18.2 Å². The van der Waals surface area contributed by atoms with Gasteiger partial charge in [0.15, 0.2) is 0 Å². The van der Waals surface area contributed by atoms with Crippen LogP contribution in [0.3, 0.4) is 0 Å². The van der Waals surface area contributed by atoms with Crippen molar-refractivity contribution in [1.29, 1.82) is 0 Å². The molecule has 0 bridgehead atoms. The zero-order chi connectivity index (χ0) is 19.3. The lowest BCUT2D eigenvalue weighted by atomic mass is 10.0. The van der Waals surface area contributed by atoms with E-state index in [1.165, 1.54) is 13.5 Å². The minimum absolute atomic E-state index is 0.315. The number of hydrogen-bond donors (Lipinski definition) is 2. The maximum atomic E-state index is 11.6. The first-order valence-corrected chi connectivity index (χ1v) is 9.67. The summed E-state index contributed by atoms with van der Waals surface area (Å²) < 4.78 is 4.75. The zero-order valence-electron chi connectivity index (χ0n) is 15.9. The van der Waals surface area contributed by atoms with E-state index < -0.39 is 0 Å². The molecule has 1 atom stereocenters. The number of carbonyl (C=O) groups excluding carboxylic acids is 1. The number of pyridine rings is 1. The van der Waals surface area contributed by atoms with E-state index in [-0.39, 0.29) is 5.97 Å². The minimum atomic E-state index is -0.315. The van der Waals surface area contributed by atoms with Crippen LogP contribution in [0.2, 0.25) is 0 Å². The number of fused-ring (bicyclic) bond motifs is 1. The Morgan fingerprint density at radius 3 is 2.86 bits per heavy atom. The summed E-state index contributed by atoms with van der Waals surface area (Å²) in [6.45, 7) is 0. The second-order valence-corrected chi connectivity index (χ2v) is 7.05. The average Bonchev–Trinajstić information content (AvgIpc) is 3.17. The van der Waals surface area contributed by atoms with E-state index in [9.17, 15) is 4.79 Å². The predicted molar refractivity (Wildman–Crippen MR) is 109 cm³/mol. The van der Waals surface area contributed by atoms with Gasteiger partial charge in [0.2, 0.25) is 0 Å². The number of carbonyl (C=O) groups is 1. The Balaban J connectivity index is 1.51. The van der Waals surface area contributed by atoms with Gasteiger partial charge in [-0.25, -0.2) is 9.78 Å². The van der Waals surface area contributed by atoms with Crippen LogP contribution in [0, 0.1) is 0 Å². The average molecular weight is 376 g/mol. The van der Waals surface area contributed by atoms with Crippen LogP contribution in [-0.4, -0.2) is 34.3 Å². The number of aromatic nitrogens is 3. The number of aromatic amines is 1. The van der Waals surface area contributed by atoms with Gasteiger partial charge in [-0.1, -0.05) is 24.3 Å². The Labute approximate surface area is 164 Å². The Morgan fingerprint density at radius 2 is 2.11 bits per heavy atom. The van der Waals surface area contributed by atoms with Gasteiger partial charge in [-0.05, 0) is 55.9 Å². The summed E-state index contributed by atoms with van der Waals surface area (Å²) >= 11 is 0. The quantitative estimate of drug-likeness (QED) is 0.501. The monoisotopic (exact) mass is 376 g/mol. The number of aryl methyl sites for hydroxylation is 2. The summed E-state index contributed by atoms with van der Waals surface area (Å²) in [4.78, 5) is 16.1. The molecule has 0 fully saturated rings. The van der Waals surface area contributed by atoms with Crippen LogP contribution in [0.25, 0.3) is 10.9 Å². The molecule has 0 saturated carbocycles. The number of allylic oxidation sites excluding steroid dienone is 1. The summed E-state index contributed by atoms with van der Waals surface area (Å²) in [6, 6.07) is 9.79. The van der Waals surface area contributed by atoms with Crippen molar-refractivity contribution in [3.8, 4) is 0 Å². The third-order valence-corrected chi connectivity index (χ3v) is 5.16. The molecule has 0 saturated heterocycles. The van der Waals surface area contributed by atoms with Crippen molar-refractivity contribution in [3.05, 3.63) is 65.5 Å². The molecule has 6 nitrogen and oxygen atoms in total. The van der Waals surface area contributed by atoms with Gasteiger partial charge in [-0.3, -0.25) is 5.10 Å².